The zero-order valence-electron chi connectivity index (χ0n) is 19.8. The first-order valence-electron chi connectivity index (χ1n) is 11.2. The molecule has 0 saturated carbocycles. The molecule has 0 bridgehead atoms. The van der Waals surface area contributed by atoms with E-state index in [-0.39, 0.29) is 5.75 Å². The van der Waals surface area contributed by atoms with E-state index in [4.69, 9.17) is 9.47 Å². The fraction of sp³-hybridized carbons (Fsp3) is 0.0690. The molecule has 0 aliphatic rings. The minimum absolute atomic E-state index is 0.233. The standard InChI is InChI=1S/C29H23BrN2O5/c1-36-26-17-20(15-16-25(26)37-27(33)21-9-8-14-24(30)18-21)19-31-32-28(34)29(35,22-10-4-2-5-11-22)23-12-6-3-7-13-23/h2-19,35H,1H3,(H,32,34). The number of rotatable bonds is 8. The first-order valence-corrected chi connectivity index (χ1v) is 12.0. The number of benzene rings is 4. The quantitative estimate of drug-likeness (QED) is 0.136. The van der Waals surface area contributed by atoms with E-state index in [9.17, 15) is 14.7 Å². The van der Waals surface area contributed by atoms with Crippen LogP contribution >= 0.6 is 15.9 Å². The molecule has 0 aliphatic heterocycles. The van der Waals surface area contributed by atoms with Gasteiger partial charge in [-0.2, -0.15) is 5.10 Å². The number of halogens is 1. The van der Waals surface area contributed by atoms with Gasteiger partial charge in [-0.3, -0.25) is 4.79 Å². The molecule has 0 spiro atoms. The van der Waals surface area contributed by atoms with E-state index in [0.29, 0.717) is 28.0 Å². The molecule has 8 heteroatoms. The third-order valence-corrected chi connectivity index (χ3v) is 6.04. The number of hydrogen-bond acceptors (Lipinski definition) is 6. The first-order chi connectivity index (χ1) is 17.9. The Morgan fingerprint density at radius 1 is 0.865 bits per heavy atom. The summed E-state index contributed by atoms with van der Waals surface area (Å²) < 4.78 is 11.6. The van der Waals surface area contributed by atoms with Gasteiger partial charge in [0, 0.05) is 4.47 Å². The predicted octanol–water partition coefficient (Wildman–Crippen LogP) is 5.06. The van der Waals surface area contributed by atoms with Crippen LogP contribution in [0.25, 0.3) is 0 Å². The van der Waals surface area contributed by atoms with Gasteiger partial charge in [-0.15, -0.1) is 0 Å². The fourth-order valence-electron chi connectivity index (χ4n) is 3.66. The molecule has 0 saturated heterocycles. The second-order valence-corrected chi connectivity index (χ2v) is 8.87. The van der Waals surface area contributed by atoms with Crippen molar-refractivity contribution < 1.29 is 24.2 Å². The number of carbonyl (C=O) groups excluding carboxylic acids is 2. The smallest absolute Gasteiger partial charge is 0.343 e. The van der Waals surface area contributed by atoms with Crippen molar-refractivity contribution in [2.75, 3.05) is 7.11 Å². The van der Waals surface area contributed by atoms with Gasteiger partial charge in [0.25, 0.3) is 5.91 Å². The fourth-order valence-corrected chi connectivity index (χ4v) is 4.06. The van der Waals surface area contributed by atoms with Crippen molar-refractivity contribution >= 4 is 34.0 Å². The average molecular weight is 559 g/mol. The van der Waals surface area contributed by atoms with E-state index < -0.39 is 17.5 Å². The Labute approximate surface area is 222 Å². The van der Waals surface area contributed by atoms with Crippen LogP contribution in [-0.4, -0.2) is 30.3 Å². The topological polar surface area (TPSA) is 97.2 Å². The number of nitrogens with zero attached hydrogens (tertiary/aromatic N) is 1. The van der Waals surface area contributed by atoms with Gasteiger partial charge in [-0.25, -0.2) is 10.2 Å². The van der Waals surface area contributed by atoms with Gasteiger partial charge in [-0.05, 0) is 53.1 Å². The maximum atomic E-state index is 13.2. The molecule has 4 aromatic rings. The van der Waals surface area contributed by atoms with Crippen LogP contribution in [0.2, 0.25) is 0 Å². The number of carbonyl (C=O) groups is 2. The second kappa shape index (κ2) is 11.6. The normalized spacial score (nSPS) is 11.2. The van der Waals surface area contributed by atoms with Crippen molar-refractivity contribution in [1.29, 1.82) is 0 Å². The number of amides is 1. The van der Waals surface area contributed by atoms with Crippen molar-refractivity contribution in [1.82, 2.24) is 5.43 Å². The highest BCUT2D eigenvalue weighted by molar-refractivity contribution is 9.10. The molecular formula is C29H23BrN2O5. The van der Waals surface area contributed by atoms with Crippen LogP contribution in [0.5, 0.6) is 11.5 Å². The van der Waals surface area contributed by atoms with Crippen LogP contribution < -0.4 is 14.9 Å². The molecule has 4 aromatic carbocycles. The molecule has 4 rings (SSSR count). The van der Waals surface area contributed by atoms with Gasteiger partial charge in [0.2, 0.25) is 0 Å². The van der Waals surface area contributed by atoms with E-state index >= 15 is 0 Å². The summed E-state index contributed by atoms with van der Waals surface area (Å²) in [6.07, 6.45) is 1.40. The van der Waals surface area contributed by atoms with Crippen molar-refractivity contribution in [2.45, 2.75) is 5.60 Å². The third kappa shape index (κ3) is 5.94. The third-order valence-electron chi connectivity index (χ3n) is 5.54. The number of hydrazone groups is 1. The zero-order valence-corrected chi connectivity index (χ0v) is 21.4. The highest BCUT2D eigenvalue weighted by Crippen LogP contribution is 2.30. The first kappa shape index (κ1) is 25.8. The molecule has 1 amide bonds. The Bertz CT molecular complexity index is 1390. The van der Waals surface area contributed by atoms with E-state index in [1.807, 2.05) is 6.07 Å². The molecule has 0 fully saturated rings. The zero-order chi connectivity index (χ0) is 26.3. The number of aliphatic hydroxyl groups is 1. The average Bonchev–Trinajstić information content (AvgIpc) is 2.94. The van der Waals surface area contributed by atoms with Gasteiger partial charge < -0.3 is 14.6 Å². The van der Waals surface area contributed by atoms with Gasteiger partial charge in [0.05, 0.1) is 18.9 Å². The molecule has 0 aliphatic carbocycles. The summed E-state index contributed by atoms with van der Waals surface area (Å²) in [6.45, 7) is 0. The lowest BCUT2D eigenvalue weighted by Crippen LogP contribution is -2.43. The molecule has 0 heterocycles. The highest BCUT2D eigenvalue weighted by Gasteiger charge is 2.39. The number of hydrogen-bond donors (Lipinski definition) is 2. The molecule has 0 aromatic heterocycles. The van der Waals surface area contributed by atoms with Gasteiger partial charge in [0.1, 0.15) is 0 Å². The van der Waals surface area contributed by atoms with Crippen LogP contribution in [0.15, 0.2) is 113 Å². The minimum atomic E-state index is -1.94. The molecule has 0 unspecified atom stereocenters. The highest BCUT2D eigenvalue weighted by atomic mass is 79.9. The number of ether oxygens (including phenoxy) is 2. The molecule has 37 heavy (non-hydrogen) atoms. The Kier molecular flexibility index (Phi) is 8.12. The van der Waals surface area contributed by atoms with Crippen molar-refractivity contribution in [3.8, 4) is 11.5 Å². The molecule has 0 atom stereocenters. The summed E-state index contributed by atoms with van der Waals surface area (Å²) in [7, 11) is 1.45. The summed E-state index contributed by atoms with van der Waals surface area (Å²) in [4.78, 5) is 25.7. The van der Waals surface area contributed by atoms with Crippen LogP contribution in [0.1, 0.15) is 27.0 Å². The predicted molar refractivity (Wildman–Crippen MR) is 144 cm³/mol. The lowest BCUT2D eigenvalue weighted by atomic mass is 9.85. The molecule has 0 radical (unpaired) electrons. The maximum Gasteiger partial charge on any atom is 0.343 e. The van der Waals surface area contributed by atoms with Crippen LogP contribution in [0.4, 0.5) is 0 Å². The summed E-state index contributed by atoms with van der Waals surface area (Å²) in [5.74, 6) is -0.707. The summed E-state index contributed by atoms with van der Waals surface area (Å²) in [6, 6.07) is 29.0. The Balaban J connectivity index is 1.51. The van der Waals surface area contributed by atoms with E-state index in [2.05, 4.69) is 26.5 Å². The molecular weight excluding hydrogens is 536 g/mol. The lowest BCUT2D eigenvalue weighted by Gasteiger charge is -2.27. The van der Waals surface area contributed by atoms with Crippen LogP contribution in [-0.2, 0) is 10.4 Å². The van der Waals surface area contributed by atoms with Gasteiger partial charge in [0.15, 0.2) is 17.1 Å². The molecule has 2 N–H and O–H groups in total. The SMILES string of the molecule is COc1cc(C=NNC(=O)C(O)(c2ccccc2)c2ccccc2)ccc1OC(=O)c1cccc(Br)c1. The van der Waals surface area contributed by atoms with E-state index in [1.165, 1.54) is 13.3 Å². The summed E-state index contributed by atoms with van der Waals surface area (Å²) in [5.41, 5.74) is 2.26. The second-order valence-electron chi connectivity index (χ2n) is 7.95. The van der Waals surface area contributed by atoms with Crippen molar-refractivity contribution in [3.63, 3.8) is 0 Å². The van der Waals surface area contributed by atoms with Crippen molar-refractivity contribution in [2.24, 2.45) is 5.10 Å². The Morgan fingerprint density at radius 2 is 1.51 bits per heavy atom. The minimum Gasteiger partial charge on any atom is -0.493 e. The van der Waals surface area contributed by atoms with E-state index in [0.717, 1.165) is 4.47 Å². The maximum absolute atomic E-state index is 13.2. The van der Waals surface area contributed by atoms with Gasteiger partial charge >= 0.3 is 5.97 Å². The number of methoxy groups -OCH3 is 1. The Morgan fingerprint density at radius 3 is 2.11 bits per heavy atom. The van der Waals surface area contributed by atoms with E-state index in [1.54, 1.807) is 97.1 Å². The van der Waals surface area contributed by atoms with Crippen LogP contribution in [0.3, 0.4) is 0 Å². The number of nitrogens with one attached hydrogen (secondary N) is 1. The molecule has 186 valence electrons. The largest absolute Gasteiger partial charge is 0.493 e. The summed E-state index contributed by atoms with van der Waals surface area (Å²) >= 11 is 3.33. The van der Waals surface area contributed by atoms with Gasteiger partial charge in [-0.1, -0.05) is 82.7 Å². The van der Waals surface area contributed by atoms with Crippen LogP contribution in [0, 0.1) is 0 Å². The Hall–Kier alpha value is -4.27. The monoisotopic (exact) mass is 558 g/mol. The summed E-state index contributed by atoms with van der Waals surface area (Å²) in [5, 5.41) is 15.5. The number of esters is 1. The van der Waals surface area contributed by atoms with Crippen molar-refractivity contribution in [3.05, 3.63) is 130 Å². The lowest BCUT2D eigenvalue weighted by molar-refractivity contribution is -0.136. The molecule has 7 nitrogen and oxygen atoms in total.